The second-order valence-corrected chi connectivity index (χ2v) is 7.45. The molecule has 0 saturated heterocycles. The molecule has 1 aliphatic rings. The molecule has 2 rings (SSSR count). The van der Waals surface area contributed by atoms with Crippen LogP contribution in [0.15, 0.2) is 24.3 Å². The Hall–Kier alpha value is -0.180. The van der Waals surface area contributed by atoms with Gasteiger partial charge in [-0.1, -0.05) is 37.6 Å². The van der Waals surface area contributed by atoms with Crippen molar-refractivity contribution in [3.05, 3.63) is 34.9 Å². The van der Waals surface area contributed by atoms with Crippen molar-refractivity contribution in [3.63, 3.8) is 0 Å². The predicted molar refractivity (Wildman–Crippen MR) is 86.9 cm³/mol. The van der Waals surface area contributed by atoms with Gasteiger partial charge in [-0.25, -0.2) is 0 Å². The van der Waals surface area contributed by atoms with E-state index >= 15 is 0 Å². The van der Waals surface area contributed by atoms with Crippen LogP contribution in [-0.4, -0.2) is 18.3 Å². The summed E-state index contributed by atoms with van der Waals surface area (Å²) in [5, 5.41) is 5.06. The molecule has 0 bridgehead atoms. The van der Waals surface area contributed by atoms with Gasteiger partial charge < -0.3 is 5.32 Å². The molecule has 1 saturated carbocycles. The van der Waals surface area contributed by atoms with E-state index in [1.165, 1.54) is 18.4 Å². The Morgan fingerprint density at radius 1 is 1.21 bits per heavy atom. The van der Waals surface area contributed by atoms with Crippen LogP contribution in [0.4, 0.5) is 0 Å². The van der Waals surface area contributed by atoms with Crippen LogP contribution in [0.3, 0.4) is 0 Å². The molecule has 0 aromatic heterocycles. The summed E-state index contributed by atoms with van der Waals surface area (Å²) in [6.07, 6.45) is 2.66. The highest BCUT2D eigenvalue weighted by Gasteiger charge is 2.33. The van der Waals surface area contributed by atoms with Gasteiger partial charge in [0.1, 0.15) is 0 Å². The van der Waals surface area contributed by atoms with Crippen molar-refractivity contribution in [2.45, 2.75) is 43.7 Å². The van der Waals surface area contributed by atoms with E-state index in [0.717, 1.165) is 27.9 Å². The van der Waals surface area contributed by atoms with Gasteiger partial charge >= 0.3 is 0 Å². The highest BCUT2D eigenvalue weighted by Crippen LogP contribution is 2.37. The number of halogens is 1. The zero-order valence-electron chi connectivity index (χ0n) is 12.0. The first-order valence-electron chi connectivity index (χ1n) is 7.13. The zero-order chi connectivity index (χ0) is 13.8. The van der Waals surface area contributed by atoms with Gasteiger partial charge in [-0.2, -0.15) is 11.8 Å². The summed E-state index contributed by atoms with van der Waals surface area (Å²) in [5.41, 5.74) is 1.37. The smallest absolute Gasteiger partial charge is 0.0406 e. The van der Waals surface area contributed by atoms with Crippen molar-refractivity contribution in [3.8, 4) is 0 Å². The fraction of sp³-hybridized carbons (Fsp3) is 0.625. The SMILES string of the molecule is CNC1CC(C)CC(C)C1SCc1ccc(Cl)cc1. The Morgan fingerprint density at radius 2 is 1.89 bits per heavy atom. The minimum atomic E-state index is 0.649. The molecule has 0 radical (unpaired) electrons. The molecule has 106 valence electrons. The van der Waals surface area contributed by atoms with Crippen molar-refractivity contribution in [1.29, 1.82) is 0 Å². The first-order valence-corrected chi connectivity index (χ1v) is 8.56. The van der Waals surface area contributed by atoms with E-state index in [9.17, 15) is 0 Å². The molecule has 3 heteroatoms. The molecule has 4 unspecified atom stereocenters. The maximum absolute atomic E-state index is 5.93. The summed E-state index contributed by atoms with van der Waals surface area (Å²) in [5.74, 6) is 2.72. The predicted octanol–water partition coefficient (Wildman–Crippen LogP) is 4.60. The van der Waals surface area contributed by atoms with Crippen molar-refractivity contribution >= 4 is 23.4 Å². The van der Waals surface area contributed by atoms with Crippen molar-refractivity contribution in [2.24, 2.45) is 11.8 Å². The van der Waals surface area contributed by atoms with Crippen molar-refractivity contribution in [2.75, 3.05) is 7.05 Å². The van der Waals surface area contributed by atoms with Crippen molar-refractivity contribution in [1.82, 2.24) is 5.32 Å². The number of hydrogen-bond donors (Lipinski definition) is 1. The van der Waals surface area contributed by atoms with Gasteiger partial charge in [0.15, 0.2) is 0 Å². The molecular formula is C16H24ClNS. The number of thioether (sulfide) groups is 1. The van der Waals surface area contributed by atoms with Gasteiger partial charge in [-0.05, 0) is 49.4 Å². The van der Waals surface area contributed by atoms with E-state index in [4.69, 9.17) is 11.6 Å². The zero-order valence-corrected chi connectivity index (χ0v) is 13.6. The van der Waals surface area contributed by atoms with E-state index in [2.05, 4.69) is 50.1 Å². The Bertz CT molecular complexity index is 392. The second-order valence-electron chi connectivity index (χ2n) is 5.85. The van der Waals surface area contributed by atoms with E-state index in [1.807, 2.05) is 12.1 Å². The minimum Gasteiger partial charge on any atom is -0.316 e. The van der Waals surface area contributed by atoms with Gasteiger partial charge in [-0.15, -0.1) is 0 Å². The molecule has 1 aromatic carbocycles. The first kappa shape index (κ1) is 15.2. The standard InChI is InChI=1S/C16H24ClNS/c1-11-8-12(2)16(15(9-11)18-3)19-10-13-4-6-14(17)7-5-13/h4-7,11-12,15-16,18H,8-10H2,1-3H3. The lowest BCUT2D eigenvalue weighted by Gasteiger charge is -2.39. The van der Waals surface area contributed by atoms with E-state index in [0.29, 0.717) is 6.04 Å². The maximum Gasteiger partial charge on any atom is 0.0406 e. The molecule has 19 heavy (non-hydrogen) atoms. The van der Waals surface area contributed by atoms with Crippen LogP contribution in [0, 0.1) is 11.8 Å². The molecule has 0 aliphatic heterocycles. The molecule has 1 aliphatic carbocycles. The number of hydrogen-bond acceptors (Lipinski definition) is 2. The Labute approximate surface area is 126 Å². The third-order valence-electron chi connectivity index (χ3n) is 4.11. The highest BCUT2D eigenvalue weighted by atomic mass is 35.5. The number of nitrogens with one attached hydrogen (secondary N) is 1. The van der Waals surface area contributed by atoms with Crippen LogP contribution in [0.1, 0.15) is 32.3 Å². The Kier molecular flexibility index (Phi) is 5.61. The average molecular weight is 298 g/mol. The molecule has 4 atom stereocenters. The molecular weight excluding hydrogens is 274 g/mol. The van der Waals surface area contributed by atoms with E-state index < -0.39 is 0 Å². The molecule has 1 fully saturated rings. The lowest BCUT2D eigenvalue weighted by atomic mass is 9.80. The lowest BCUT2D eigenvalue weighted by molar-refractivity contribution is 0.257. The normalized spacial score (nSPS) is 31.4. The fourth-order valence-electron chi connectivity index (χ4n) is 3.16. The third kappa shape index (κ3) is 4.14. The lowest BCUT2D eigenvalue weighted by Crippen LogP contribution is -2.44. The first-order chi connectivity index (χ1) is 9.10. The maximum atomic E-state index is 5.93. The third-order valence-corrected chi connectivity index (χ3v) is 6.04. The van der Waals surface area contributed by atoms with Crippen LogP contribution in [0.5, 0.6) is 0 Å². The summed E-state index contributed by atoms with van der Waals surface area (Å²) in [4.78, 5) is 0. The van der Waals surface area contributed by atoms with E-state index in [1.54, 1.807) is 0 Å². The molecule has 1 aromatic rings. The quantitative estimate of drug-likeness (QED) is 0.872. The average Bonchev–Trinajstić information content (AvgIpc) is 2.39. The Morgan fingerprint density at radius 3 is 2.53 bits per heavy atom. The summed E-state index contributed by atoms with van der Waals surface area (Å²) in [6.45, 7) is 4.78. The van der Waals surface area contributed by atoms with Gasteiger partial charge in [0.2, 0.25) is 0 Å². The second kappa shape index (κ2) is 7.01. The molecule has 0 amide bonds. The van der Waals surface area contributed by atoms with Crippen LogP contribution in [0.2, 0.25) is 5.02 Å². The van der Waals surface area contributed by atoms with Gasteiger partial charge in [0, 0.05) is 22.1 Å². The summed E-state index contributed by atoms with van der Waals surface area (Å²) in [7, 11) is 2.10. The van der Waals surface area contributed by atoms with Crippen molar-refractivity contribution < 1.29 is 0 Å². The monoisotopic (exact) mass is 297 g/mol. The molecule has 1 nitrogen and oxygen atoms in total. The fourth-order valence-corrected chi connectivity index (χ4v) is 4.79. The van der Waals surface area contributed by atoms with Gasteiger partial charge in [0.05, 0.1) is 0 Å². The minimum absolute atomic E-state index is 0.649. The highest BCUT2D eigenvalue weighted by molar-refractivity contribution is 7.99. The van der Waals surface area contributed by atoms with Crippen LogP contribution < -0.4 is 5.32 Å². The topological polar surface area (TPSA) is 12.0 Å². The molecule has 0 heterocycles. The number of rotatable bonds is 4. The summed E-state index contributed by atoms with van der Waals surface area (Å²) < 4.78 is 0. The molecule has 1 N–H and O–H groups in total. The molecule has 0 spiro atoms. The van der Waals surface area contributed by atoms with Gasteiger partial charge in [-0.3, -0.25) is 0 Å². The van der Waals surface area contributed by atoms with Crippen LogP contribution >= 0.6 is 23.4 Å². The van der Waals surface area contributed by atoms with E-state index in [-0.39, 0.29) is 0 Å². The summed E-state index contributed by atoms with van der Waals surface area (Å²) in [6, 6.07) is 8.90. The van der Waals surface area contributed by atoms with Crippen LogP contribution in [0.25, 0.3) is 0 Å². The van der Waals surface area contributed by atoms with Gasteiger partial charge in [0.25, 0.3) is 0 Å². The summed E-state index contributed by atoms with van der Waals surface area (Å²) >= 11 is 8.02. The Balaban J connectivity index is 1.94. The number of benzene rings is 1. The largest absolute Gasteiger partial charge is 0.316 e. The van der Waals surface area contributed by atoms with Crippen LogP contribution in [-0.2, 0) is 5.75 Å².